The van der Waals surface area contributed by atoms with E-state index in [9.17, 15) is 0 Å². The molecule has 1 heterocycles. The van der Waals surface area contributed by atoms with Gasteiger partial charge in [0.2, 0.25) is 0 Å². The molecule has 1 aliphatic rings. The van der Waals surface area contributed by atoms with Crippen molar-refractivity contribution in [2.24, 2.45) is 0 Å². The quantitative estimate of drug-likeness (QED) is 0.444. The van der Waals surface area contributed by atoms with Crippen LogP contribution in [0, 0.1) is 0 Å². The van der Waals surface area contributed by atoms with E-state index in [2.05, 4.69) is 11.6 Å². The number of halogens is 1. The summed E-state index contributed by atoms with van der Waals surface area (Å²) < 4.78 is 0. The van der Waals surface area contributed by atoms with Crippen molar-refractivity contribution in [1.29, 1.82) is 0 Å². The molecule has 1 atom stereocenters. The molecule has 1 rings (SSSR count). The number of allylic oxidation sites excluding steroid dienone is 1. The van der Waals surface area contributed by atoms with Crippen LogP contribution >= 0.6 is 22.1 Å². The number of hydrogen-bond donors (Lipinski definition) is 0. The zero-order chi connectivity index (χ0) is 5.28. The Morgan fingerprint density at radius 2 is 2.57 bits per heavy atom. The second-order valence-corrected chi connectivity index (χ2v) is 4.01. The molecule has 0 bridgehead atoms. The standard InChI is InChI=1S/C5H7ClS/c1-7-3-2-5(6)4-7/h2-3H,4H2,1H3. The summed E-state index contributed by atoms with van der Waals surface area (Å²) >= 11 is 5.64. The highest BCUT2D eigenvalue weighted by molar-refractivity contribution is 8.15. The van der Waals surface area contributed by atoms with Gasteiger partial charge in [-0.1, -0.05) is 11.6 Å². The molecule has 1 aliphatic heterocycles. The van der Waals surface area contributed by atoms with Crippen LogP contribution in [-0.4, -0.2) is 17.4 Å². The summed E-state index contributed by atoms with van der Waals surface area (Å²) in [7, 11) is 0.448. The largest absolute Gasteiger partial charge is 0.183 e. The van der Waals surface area contributed by atoms with E-state index >= 15 is 0 Å². The van der Waals surface area contributed by atoms with Gasteiger partial charge in [0.25, 0.3) is 0 Å². The zero-order valence-corrected chi connectivity index (χ0v) is 5.72. The van der Waals surface area contributed by atoms with Crippen molar-refractivity contribution in [3.05, 3.63) is 11.1 Å². The highest BCUT2D eigenvalue weighted by Gasteiger charge is 1.96. The molecule has 0 saturated carbocycles. The molecule has 40 valence electrons. The van der Waals surface area contributed by atoms with Gasteiger partial charge < -0.3 is 0 Å². The van der Waals surface area contributed by atoms with Crippen molar-refractivity contribution in [2.75, 3.05) is 12.0 Å². The number of rotatable bonds is 0. The fourth-order valence-corrected chi connectivity index (χ4v) is 2.18. The average molecular weight is 135 g/mol. The SMILES string of the molecule is CS1=CC=C(Cl)C1. The zero-order valence-electron chi connectivity index (χ0n) is 4.15. The Morgan fingerprint density at radius 3 is 2.71 bits per heavy atom. The van der Waals surface area contributed by atoms with E-state index in [4.69, 9.17) is 11.6 Å². The lowest BCUT2D eigenvalue weighted by molar-refractivity contribution is 1.74. The van der Waals surface area contributed by atoms with Gasteiger partial charge in [-0.3, -0.25) is 0 Å². The first-order chi connectivity index (χ1) is 3.29. The smallest absolute Gasteiger partial charge is 0.0280 e. The van der Waals surface area contributed by atoms with Crippen LogP contribution in [-0.2, 0) is 0 Å². The minimum Gasteiger partial charge on any atom is -0.183 e. The van der Waals surface area contributed by atoms with E-state index in [1.54, 1.807) is 0 Å². The first kappa shape index (κ1) is 5.39. The second kappa shape index (κ2) is 2.01. The Morgan fingerprint density at radius 1 is 1.86 bits per heavy atom. The molecule has 0 nitrogen and oxygen atoms in total. The van der Waals surface area contributed by atoms with Crippen LogP contribution in [0.3, 0.4) is 0 Å². The van der Waals surface area contributed by atoms with Crippen molar-refractivity contribution in [1.82, 2.24) is 0 Å². The van der Waals surface area contributed by atoms with Crippen LogP contribution in [0.15, 0.2) is 11.1 Å². The van der Waals surface area contributed by atoms with Crippen molar-refractivity contribution in [2.45, 2.75) is 0 Å². The van der Waals surface area contributed by atoms with Gasteiger partial charge in [0.05, 0.1) is 0 Å². The Labute approximate surface area is 51.1 Å². The van der Waals surface area contributed by atoms with Crippen LogP contribution in [0.25, 0.3) is 0 Å². The third-order valence-corrected chi connectivity index (χ3v) is 2.63. The van der Waals surface area contributed by atoms with Gasteiger partial charge in [0, 0.05) is 10.8 Å². The Hall–Kier alpha value is 0.250. The van der Waals surface area contributed by atoms with E-state index in [-0.39, 0.29) is 0 Å². The third-order valence-electron chi connectivity index (χ3n) is 0.847. The van der Waals surface area contributed by atoms with Crippen molar-refractivity contribution in [3.63, 3.8) is 0 Å². The topological polar surface area (TPSA) is 0 Å². The van der Waals surface area contributed by atoms with Gasteiger partial charge >= 0.3 is 0 Å². The summed E-state index contributed by atoms with van der Waals surface area (Å²) in [5.74, 6) is 1.07. The van der Waals surface area contributed by atoms with Crippen molar-refractivity contribution >= 4 is 27.5 Å². The lowest BCUT2D eigenvalue weighted by Gasteiger charge is -1.87. The van der Waals surface area contributed by atoms with E-state index in [1.807, 2.05) is 6.08 Å². The predicted octanol–water partition coefficient (Wildman–Crippen LogP) is 1.82. The molecule has 1 unspecified atom stereocenters. The van der Waals surface area contributed by atoms with Gasteiger partial charge in [-0.2, -0.15) is 10.5 Å². The summed E-state index contributed by atoms with van der Waals surface area (Å²) in [6.07, 6.45) is 4.18. The fraction of sp³-hybridized carbons (Fsp3) is 0.400. The number of hydrogen-bond acceptors (Lipinski definition) is 0. The minimum absolute atomic E-state index is 0.448. The maximum Gasteiger partial charge on any atom is 0.0280 e. The molecule has 0 fully saturated rings. The van der Waals surface area contributed by atoms with Gasteiger partial charge in [0.1, 0.15) is 0 Å². The van der Waals surface area contributed by atoms with Crippen LogP contribution in [0.2, 0.25) is 0 Å². The summed E-state index contributed by atoms with van der Waals surface area (Å²) in [4.78, 5) is 0. The highest BCUT2D eigenvalue weighted by Crippen LogP contribution is 2.19. The van der Waals surface area contributed by atoms with Crippen LogP contribution in [0.5, 0.6) is 0 Å². The van der Waals surface area contributed by atoms with Crippen LogP contribution in [0.1, 0.15) is 0 Å². The molecule has 2 heteroatoms. The molecule has 0 aromatic rings. The summed E-state index contributed by atoms with van der Waals surface area (Å²) in [5.41, 5.74) is 0. The first-order valence-electron chi connectivity index (χ1n) is 2.10. The van der Waals surface area contributed by atoms with Crippen LogP contribution in [0.4, 0.5) is 0 Å². The maximum atomic E-state index is 5.64. The molecule has 0 aromatic heterocycles. The second-order valence-electron chi connectivity index (χ2n) is 1.58. The van der Waals surface area contributed by atoms with E-state index in [0.717, 1.165) is 10.8 Å². The molecule has 0 N–H and O–H groups in total. The highest BCUT2D eigenvalue weighted by atomic mass is 35.5. The Balaban J connectivity index is 2.61. The normalized spacial score (nSPS) is 29.4. The fourth-order valence-electron chi connectivity index (χ4n) is 0.504. The van der Waals surface area contributed by atoms with E-state index < -0.39 is 0 Å². The molecule has 0 aliphatic carbocycles. The van der Waals surface area contributed by atoms with Crippen molar-refractivity contribution < 1.29 is 0 Å². The third kappa shape index (κ3) is 1.32. The van der Waals surface area contributed by atoms with Gasteiger partial charge in [-0.15, -0.1) is 0 Å². The van der Waals surface area contributed by atoms with Gasteiger partial charge in [0.15, 0.2) is 0 Å². The Kier molecular flexibility index (Phi) is 1.55. The molecule has 0 amide bonds. The molecule has 0 radical (unpaired) electrons. The lowest BCUT2D eigenvalue weighted by atomic mass is 10.6. The summed E-state index contributed by atoms with van der Waals surface area (Å²) in [6, 6.07) is 0. The maximum absolute atomic E-state index is 5.64. The monoisotopic (exact) mass is 134 g/mol. The lowest BCUT2D eigenvalue weighted by Crippen LogP contribution is -1.69. The Bertz CT molecular complexity index is 119. The first-order valence-corrected chi connectivity index (χ1v) is 4.34. The van der Waals surface area contributed by atoms with Crippen LogP contribution < -0.4 is 0 Å². The van der Waals surface area contributed by atoms with Crippen molar-refractivity contribution in [3.8, 4) is 0 Å². The molecule has 0 aromatic carbocycles. The molecule has 0 saturated heterocycles. The van der Waals surface area contributed by atoms with E-state index in [0.29, 0.717) is 10.5 Å². The molecular weight excluding hydrogens is 128 g/mol. The van der Waals surface area contributed by atoms with Gasteiger partial charge in [-0.05, 0) is 17.7 Å². The predicted molar refractivity (Wildman–Crippen MR) is 38.4 cm³/mol. The summed E-state index contributed by atoms with van der Waals surface area (Å²) in [5, 5.41) is 3.16. The van der Waals surface area contributed by atoms with E-state index in [1.165, 1.54) is 0 Å². The molecule has 7 heavy (non-hydrogen) atoms. The summed E-state index contributed by atoms with van der Waals surface area (Å²) in [6.45, 7) is 0. The average Bonchev–Trinajstić information content (AvgIpc) is 1.87. The van der Waals surface area contributed by atoms with Gasteiger partial charge in [-0.25, -0.2) is 0 Å². The molecule has 0 spiro atoms. The molecular formula is C5H7ClS. The minimum atomic E-state index is 0.448.